The van der Waals surface area contributed by atoms with Crippen molar-refractivity contribution >= 4 is 22.9 Å². The lowest BCUT2D eigenvalue weighted by atomic mass is 10.1. The Morgan fingerprint density at radius 3 is 2.88 bits per heavy atom. The molecule has 2 N–H and O–H groups in total. The first-order valence-corrected chi connectivity index (χ1v) is 6.41. The second-order valence-electron chi connectivity index (χ2n) is 3.63. The molecular weight excluding hydrogens is 240 g/mol. The molecule has 2 rings (SSSR count). The van der Waals surface area contributed by atoms with Gasteiger partial charge in [-0.2, -0.15) is 0 Å². The lowest BCUT2D eigenvalue weighted by Crippen LogP contribution is -2.12. The summed E-state index contributed by atoms with van der Waals surface area (Å²) >= 11 is 7.54. The van der Waals surface area contributed by atoms with E-state index in [-0.39, 0.29) is 6.04 Å². The van der Waals surface area contributed by atoms with E-state index in [1.807, 2.05) is 12.1 Å². The number of hydrogen-bond donors (Lipinski definition) is 1. The van der Waals surface area contributed by atoms with E-state index in [1.54, 1.807) is 17.5 Å². The maximum atomic E-state index is 6.06. The van der Waals surface area contributed by atoms with Gasteiger partial charge in [0.2, 0.25) is 0 Å². The van der Waals surface area contributed by atoms with Gasteiger partial charge in [0.05, 0.1) is 10.7 Å². The number of aromatic nitrogens is 1. The smallest absolute Gasteiger partial charge is 0.0589 e. The molecule has 0 bridgehead atoms. The fraction of sp³-hybridized carbons (Fsp3) is 0.250. The third-order valence-electron chi connectivity index (χ3n) is 2.41. The topological polar surface area (TPSA) is 38.9 Å². The van der Waals surface area contributed by atoms with E-state index in [2.05, 4.69) is 22.5 Å². The zero-order chi connectivity index (χ0) is 11.4. The molecule has 84 valence electrons. The molecule has 0 amide bonds. The quantitative estimate of drug-likeness (QED) is 0.906. The molecule has 2 aromatic rings. The number of nitrogens with zero attached hydrogens (tertiary/aromatic N) is 1. The van der Waals surface area contributed by atoms with Crippen molar-refractivity contribution in [2.24, 2.45) is 5.73 Å². The highest BCUT2D eigenvalue weighted by atomic mass is 35.5. The number of rotatable bonds is 4. The molecule has 2 aromatic heterocycles. The van der Waals surface area contributed by atoms with Crippen LogP contribution in [0.25, 0.3) is 0 Å². The number of pyridine rings is 1. The van der Waals surface area contributed by atoms with E-state index in [0.717, 1.165) is 18.5 Å². The van der Waals surface area contributed by atoms with Crippen LogP contribution < -0.4 is 5.73 Å². The van der Waals surface area contributed by atoms with Crippen molar-refractivity contribution in [3.63, 3.8) is 0 Å². The monoisotopic (exact) mass is 252 g/mol. The lowest BCUT2D eigenvalue weighted by molar-refractivity contribution is 0.637. The van der Waals surface area contributed by atoms with Gasteiger partial charge in [-0.1, -0.05) is 17.7 Å². The van der Waals surface area contributed by atoms with Crippen LogP contribution in [0.1, 0.15) is 23.0 Å². The summed E-state index contributed by atoms with van der Waals surface area (Å²) in [6.07, 6.45) is 3.56. The summed E-state index contributed by atoms with van der Waals surface area (Å²) in [7, 11) is 0. The highest BCUT2D eigenvalue weighted by Gasteiger charge is 2.07. The predicted octanol–water partition coefficient (Wildman–Crippen LogP) is 3.43. The lowest BCUT2D eigenvalue weighted by Gasteiger charge is -2.09. The standard InChI is InChI=1S/C12H13ClN2S/c13-9-3-6-12(15-8-9)11(14)5-4-10-2-1-7-16-10/h1-3,6-8,11H,4-5,14H2. The number of hydrogen-bond acceptors (Lipinski definition) is 3. The van der Waals surface area contributed by atoms with Crippen LogP contribution in [-0.2, 0) is 6.42 Å². The minimum Gasteiger partial charge on any atom is -0.323 e. The van der Waals surface area contributed by atoms with Crippen molar-refractivity contribution in [2.45, 2.75) is 18.9 Å². The van der Waals surface area contributed by atoms with Crippen molar-refractivity contribution in [3.8, 4) is 0 Å². The van der Waals surface area contributed by atoms with E-state index in [9.17, 15) is 0 Å². The number of halogens is 1. The minimum absolute atomic E-state index is 0.0145. The van der Waals surface area contributed by atoms with Crippen LogP contribution >= 0.6 is 22.9 Å². The molecular formula is C12H13ClN2S. The van der Waals surface area contributed by atoms with Gasteiger partial charge in [-0.15, -0.1) is 11.3 Å². The summed E-state index contributed by atoms with van der Waals surface area (Å²) in [5.41, 5.74) is 6.96. The Hall–Kier alpha value is -0.900. The summed E-state index contributed by atoms with van der Waals surface area (Å²) < 4.78 is 0. The van der Waals surface area contributed by atoms with Crippen LogP contribution in [0.3, 0.4) is 0 Å². The summed E-state index contributed by atoms with van der Waals surface area (Å²) in [5, 5.41) is 2.73. The van der Waals surface area contributed by atoms with Gasteiger partial charge in [-0.25, -0.2) is 0 Å². The van der Waals surface area contributed by atoms with Crippen molar-refractivity contribution in [3.05, 3.63) is 51.4 Å². The number of aryl methyl sites for hydroxylation is 1. The van der Waals surface area contributed by atoms with E-state index in [1.165, 1.54) is 4.88 Å². The van der Waals surface area contributed by atoms with Gasteiger partial charge in [0.1, 0.15) is 0 Å². The van der Waals surface area contributed by atoms with Crippen LogP contribution in [-0.4, -0.2) is 4.98 Å². The van der Waals surface area contributed by atoms with Crippen molar-refractivity contribution in [1.29, 1.82) is 0 Å². The number of thiophene rings is 1. The Labute approximate surface area is 104 Å². The Morgan fingerprint density at radius 1 is 1.38 bits per heavy atom. The first kappa shape index (κ1) is 11.6. The molecule has 1 unspecified atom stereocenters. The van der Waals surface area contributed by atoms with E-state index >= 15 is 0 Å². The van der Waals surface area contributed by atoms with Crippen LogP contribution in [0.15, 0.2) is 35.8 Å². The SMILES string of the molecule is NC(CCc1cccs1)c1ccc(Cl)cn1. The third-order valence-corrected chi connectivity index (χ3v) is 3.57. The molecule has 16 heavy (non-hydrogen) atoms. The maximum Gasteiger partial charge on any atom is 0.0589 e. The average molecular weight is 253 g/mol. The summed E-state index contributed by atoms with van der Waals surface area (Å²) in [4.78, 5) is 5.59. The maximum absolute atomic E-state index is 6.06. The molecule has 0 saturated carbocycles. The predicted molar refractivity (Wildman–Crippen MR) is 68.8 cm³/mol. The van der Waals surface area contributed by atoms with E-state index in [4.69, 9.17) is 17.3 Å². The fourth-order valence-electron chi connectivity index (χ4n) is 1.51. The molecule has 2 nitrogen and oxygen atoms in total. The third kappa shape index (κ3) is 3.04. The highest BCUT2D eigenvalue weighted by molar-refractivity contribution is 7.09. The van der Waals surface area contributed by atoms with Gasteiger partial charge in [0.25, 0.3) is 0 Å². The van der Waals surface area contributed by atoms with Gasteiger partial charge in [-0.05, 0) is 36.4 Å². The second-order valence-corrected chi connectivity index (χ2v) is 5.09. The molecule has 4 heteroatoms. The molecule has 1 atom stereocenters. The van der Waals surface area contributed by atoms with Gasteiger partial charge in [-0.3, -0.25) is 4.98 Å². The second kappa shape index (κ2) is 5.43. The first-order valence-electron chi connectivity index (χ1n) is 5.15. The molecule has 0 fully saturated rings. The van der Waals surface area contributed by atoms with Gasteiger partial charge in [0.15, 0.2) is 0 Å². The molecule has 0 saturated heterocycles. The Balaban J connectivity index is 1.93. The zero-order valence-electron chi connectivity index (χ0n) is 8.77. The van der Waals surface area contributed by atoms with Crippen molar-refractivity contribution in [1.82, 2.24) is 4.98 Å². The van der Waals surface area contributed by atoms with Crippen molar-refractivity contribution in [2.75, 3.05) is 0 Å². The molecule has 0 aliphatic heterocycles. The number of nitrogens with two attached hydrogens (primary N) is 1. The Kier molecular flexibility index (Phi) is 3.93. The molecule has 0 aromatic carbocycles. The van der Waals surface area contributed by atoms with Crippen LogP contribution in [0.2, 0.25) is 5.02 Å². The molecule has 0 radical (unpaired) electrons. The zero-order valence-corrected chi connectivity index (χ0v) is 10.3. The van der Waals surface area contributed by atoms with Gasteiger partial charge >= 0.3 is 0 Å². The summed E-state index contributed by atoms with van der Waals surface area (Å²) in [6, 6.07) is 7.90. The summed E-state index contributed by atoms with van der Waals surface area (Å²) in [6.45, 7) is 0. The fourth-order valence-corrected chi connectivity index (χ4v) is 2.34. The van der Waals surface area contributed by atoms with Gasteiger partial charge in [0, 0.05) is 17.1 Å². The van der Waals surface area contributed by atoms with Crippen molar-refractivity contribution < 1.29 is 0 Å². The average Bonchev–Trinajstić information content (AvgIpc) is 2.80. The van der Waals surface area contributed by atoms with E-state index < -0.39 is 0 Å². The first-order chi connectivity index (χ1) is 7.75. The molecule has 0 aliphatic rings. The largest absolute Gasteiger partial charge is 0.323 e. The normalized spacial score (nSPS) is 12.6. The summed E-state index contributed by atoms with van der Waals surface area (Å²) in [5.74, 6) is 0. The van der Waals surface area contributed by atoms with E-state index in [0.29, 0.717) is 5.02 Å². The molecule has 2 heterocycles. The minimum atomic E-state index is -0.0145. The molecule has 0 aliphatic carbocycles. The van der Waals surface area contributed by atoms with Gasteiger partial charge < -0.3 is 5.73 Å². The highest BCUT2D eigenvalue weighted by Crippen LogP contribution is 2.18. The molecule has 0 spiro atoms. The Bertz CT molecular complexity index is 425. The van der Waals surface area contributed by atoms with Crippen LogP contribution in [0, 0.1) is 0 Å². The van der Waals surface area contributed by atoms with Crippen LogP contribution in [0.4, 0.5) is 0 Å². The van der Waals surface area contributed by atoms with Crippen LogP contribution in [0.5, 0.6) is 0 Å². The Morgan fingerprint density at radius 2 is 2.25 bits per heavy atom.